The largest absolute Gasteiger partial charge is 0.477 e. The minimum atomic E-state index is 0.00366. The van der Waals surface area contributed by atoms with E-state index in [4.69, 9.17) is 18.1 Å². The van der Waals surface area contributed by atoms with E-state index in [0.29, 0.717) is 35.2 Å². The van der Waals surface area contributed by atoms with Crippen molar-refractivity contribution in [2.45, 2.75) is 229 Å². The van der Waals surface area contributed by atoms with Crippen LogP contribution in [0.4, 0.5) is 0 Å². The zero-order valence-electron chi connectivity index (χ0n) is 58.1. The first kappa shape index (κ1) is 70.2. The summed E-state index contributed by atoms with van der Waals surface area (Å²) in [6.45, 7) is 54.6. The first-order valence-electron chi connectivity index (χ1n) is 32.1. The Bertz CT molecular complexity index is 3410. The van der Waals surface area contributed by atoms with Gasteiger partial charge in [-0.05, 0) is 170 Å². The molecule has 0 saturated carbocycles. The van der Waals surface area contributed by atoms with Crippen molar-refractivity contribution in [2.75, 3.05) is 24.6 Å². The van der Waals surface area contributed by atoms with Crippen molar-refractivity contribution < 1.29 is 18.1 Å². The van der Waals surface area contributed by atoms with Gasteiger partial charge in [-0.25, -0.2) is 0 Å². The summed E-state index contributed by atoms with van der Waals surface area (Å²) in [5.74, 6) is 4.12. The van der Waals surface area contributed by atoms with E-state index in [2.05, 4.69) is 287 Å². The Balaban J connectivity index is 0.000000249. The number of hydrogen-bond acceptors (Lipinski definition) is 4. The second-order valence-electron chi connectivity index (χ2n) is 32.7. The minimum absolute atomic E-state index is 0.00366. The van der Waals surface area contributed by atoms with Gasteiger partial charge >= 0.3 is 0 Å². The zero-order valence-corrected chi connectivity index (χ0v) is 62.1. The zero-order chi connectivity index (χ0) is 64.3. The van der Waals surface area contributed by atoms with Crippen molar-refractivity contribution >= 4 is 78.3 Å². The Morgan fingerprint density at radius 2 is 0.425 bits per heavy atom. The molecule has 0 aliphatic carbocycles. The highest BCUT2D eigenvalue weighted by Crippen LogP contribution is 2.44. The SMILES string of the molecule is CC(C)(C)c1ccc2cc(OPCCCCCPOc3cc4ccc(C(C)(C)C)cc4cc3C(C)(C)C)c(C(C)(C)C)cc2c1.CC(C)(C)c1ccc2cc(OPCCPOc3cc4ccc(C(C)(C)C)cc4cc3C(C)(C)C)c(C(C)(C)C)cc2c1. The molecule has 0 bridgehead atoms. The van der Waals surface area contributed by atoms with Gasteiger partial charge in [0.25, 0.3) is 0 Å². The second kappa shape index (κ2) is 27.7. The van der Waals surface area contributed by atoms with E-state index < -0.39 is 0 Å². The molecule has 4 atom stereocenters. The fourth-order valence-corrected chi connectivity index (χ4v) is 14.2. The van der Waals surface area contributed by atoms with Crippen LogP contribution in [0.5, 0.6) is 23.0 Å². The van der Waals surface area contributed by atoms with Gasteiger partial charge < -0.3 is 18.1 Å². The highest BCUT2D eigenvalue weighted by atomic mass is 31.1. The van der Waals surface area contributed by atoms with Crippen LogP contribution in [0.2, 0.25) is 0 Å². The smallest absolute Gasteiger partial charge is 0.127 e. The molecule has 0 aromatic heterocycles. The van der Waals surface area contributed by atoms with Crippen molar-refractivity contribution in [2.24, 2.45) is 0 Å². The molecule has 8 heteroatoms. The summed E-state index contributed by atoms with van der Waals surface area (Å²) in [5, 5.41) is 10.2. The number of rotatable bonds is 17. The van der Waals surface area contributed by atoms with Crippen LogP contribution in [0.3, 0.4) is 0 Å². The molecular formula is C79H110O4P4. The van der Waals surface area contributed by atoms with Gasteiger partial charge in [0, 0.05) is 46.9 Å². The van der Waals surface area contributed by atoms with E-state index in [-0.39, 0.29) is 43.3 Å². The van der Waals surface area contributed by atoms with Crippen LogP contribution in [-0.2, 0) is 43.3 Å². The lowest BCUT2D eigenvalue weighted by atomic mass is 9.82. The summed E-state index contributed by atoms with van der Waals surface area (Å²) < 4.78 is 25.9. The lowest BCUT2D eigenvalue weighted by Gasteiger charge is -2.25. The Morgan fingerprint density at radius 3 is 0.621 bits per heavy atom. The quantitative estimate of drug-likeness (QED) is 0.0673. The van der Waals surface area contributed by atoms with Crippen molar-refractivity contribution in [1.29, 1.82) is 0 Å². The molecule has 87 heavy (non-hydrogen) atoms. The fraction of sp³-hybridized carbons (Fsp3) is 0.494. The molecule has 4 unspecified atom stereocenters. The van der Waals surface area contributed by atoms with Crippen molar-refractivity contribution in [3.05, 3.63) is 166 Å². The van der Waals surface area contributed by atoms with Crippen molar-refractivity contribution in [3.8, 4) is 23.0 Å². The van der Waals surface area contributed by atoms with E-state index in [0.717, 1.165) is 47.6 Å². The molecule has 0 spiro atoms. The molecule has 0 radical (unpaired) electrons. The number of unbranched alkanes of at least 4 members (excludes halogenated alkanes) is 2. The van der Waals surface area contributed by atoms with E-state index in [1.165, 1.54) is 107 Å². The van der Waals surface area contributed by atoms with Gasteiger partial charge in [-0.15, -0.1) is 0 Å². The Kier molecular flexibility index (Phi) is 22.3. The normalized spacial score (nSPS) is 13.7. The van der Waals surface area contributed by atoms with Crippen LogP contribution >= 0.6 is 35.2 Å². The first-order valence-corrected chi connectivity index (χ1v) is 36.6. The highest BCUT2D eigenvalue weighted by Gasteiger charge is 2.26. The molecule has 8 aromatic rings. The summed E-state index contributed by atoms with van der Waals surface area (Å²) in [7, 11) is 1.77. The lowest BCUT2D eigenvalue weighted by molar-refractivity contribution is 0.540. The van der Waals surface area contributed by atoms with Gasteiger partial charge in [0.2, 0.25) is 0 Å². The van der Waals surface area contributed by atoms with Gasteiger partial charge in [0.05, 0.1) is 35.2 Å². The summed E-state index contributed by atoms with van der Waals surface area (Å²) in [6.07, 6.45) is 7.76. The van der Waals surface area contributed by atoms with Crippen LogP contribution in [0, 0.1) is 0 Å². The van der Waals surface area contributed by atoms with E-state index in [1.807, 2.05) is 0 Å². The van der Waals surface area contributed by atoms with Crippen LogP contribution in [-0.4, -0.2) is 24.6 Å². The summed E-state index contributed by atoms with van der Waals surface area (Å²) in [6, 6.07) is 45.8. The molecule has 0 saturated heterocycles. The molecule has 4 nitrogen and oxygen atoms in total. The average Bonchev–Trinajstić information content (AvgIpc) is 0.927. The van der Waals surface area contributed by atoms with Crippen molar-refractivity contribution in [1.82, 2.24) is 0 Å². The lowest BCUT2D eigenvalue weighted by Crippen LogP contribution is -2.13. The van der Waals surface area contributed by atoms with Gasteiger partial charge in [0.1, 0.15) is 23.0 Å². The molecule has 0 aliphatic rings. The van der Waals surface area contributed by atoms with Gasteiger partial charge in [-0.1, -0.05) is 245 Å². The predicted octanol–water partition coefficient (Wildman–Crippen LogP) is 24.8. The monoisotopic (exact) mass is 1250 g/mol. The summed E-state index contributed by atoms with van der Waals surface area (Å²) in [5.41, 5.74) is 11.2. The third kappa shape index (κ3) is 19.1. The van der Waals surface area contributed by atoms with Crippen LogP contribution in [0.25, 0.3) is 43.1 Å². The van der Waals surface area contributed by atoms with Gasteiger partial charge in [-0.2, -0.15) is 0 Å². The number of benzene rings is 8. The summed E-state index contributed by atoms with van der Waals surface area (Å²) in [4.78, 5) is 0. The van der Waals surface area contributed by atoms with Gasteiger partial charge in [0.15, 0.2) is 0 Å². The molecule has 0 aliphatic heterocycles. The molecular weight excluding hydrogens is 1140 g/mol. The highest BCUT2D eigenvalue weighted by molar-refractivity contribution is 7.37. The Morgan fingerprint density at radius 1 is 0.218 bits per heavy atom. The molecule has 8 rings (SSSR count). The topological polar surface area (TPSA) is 36.9 Å². The minimum Gasteiger partial charge on any atom is -0.477 e. The molecule has 470 valence electrons. The fourth-order valence-electron chi connectivity index (χ4n) is 10.8. The maximum Gasteiger partial charge on any atom is 0.127 e. The predicted molar refractivity (Wildman–Crippen MR) is 394 cm³/mol. The molecule has 8 aromatic carbocycles. The molecule has 0 amide bonds. The van der Waals surface area contributed by atoms with E-state index >= 15 is 0 Å². The Labute approximate surface area is 535 Å². The third-order valence-electron chi connectivity index (χ3n) is 16.6. The van der Waals surface area contributed by atoms with Crippen LogP contribution in [0.1, 0.15) is 230 Å². The molecule has 0 fully saturated rings. The van der Waals surface area contributed by atoms with Crippen LogP contribution in [0.15, 0.2) is 121 Å². The van der Waals surface area contributed by atoms with E-state index in [9.17, 15) is 0 Å². The number of fused-ring (bicyclic) bond motifs is 4. The van der Waals surface area contributed by atoms with Crippen LogP contribution < -0.4 is 18.1 Å². The van der Waals surface area contributed by atoms with E-state index in [1.54, 1.807) is 0 Å². The maximum absolute atomic E-state index is 6.47. The van der Waals surface area contributed by atoms with Crippen molar-refractivity contribution in [3.63, 3.8) is 0 Å². The standard InChI is InChI=1S/C41H58O2P2.C38H52O2P2/c1-38(2,3)32-18-16-28-26-36(34(40(7,8)9)24-30(28)22-32)42-44-20-14-13-15-21-45-43-37-27-29-17-19-33(39(4,5)6)23-31(29)25-35(37)41(10,11)12;1-35(2,3)29-15-13-25-23-33(31(37(7,8)9)21-27(25)19-29)39-41-17-18-42-40-34-24-26-14-16-30(36(4,5)6)20-28(26)22-32(34)38(10,11)12/h16-19,22-27,44-45H,13-15,20-21H2,1-12H3;13-16,19-24,41-42H,17-18H2,1-12H3. The number of hydrogen-bond donors (Lipinski definition) is 0. The molecule has 0 heterocycles. The first-order chi connectivity index (χ1) is 40.2. The third-order valence-corrected chi connectivity index (χ3v) is 20.5. The van der Waals surface area contributed by atoms with Gasteiger partial charge in [-0.3, -0.25) is 0 Å². The molecule has 0 N–H and O–H groups in total. The maximum atomic E-state index is 6.47. The average molecular weight is 1250 g/mol. The summed E-state index contributed by atoms with van der Waals surface area (Å²) >= 11 is 0. The Hall–Kier alpha value is -4.28. The second-order valence-corrected chi connectivity index (χ2v) is 36.7.